The molecule has 2 nitrogen and oxygen atoms in total. The van der Waals surface area contributed by atoms with Crippen molar-refractivity contribution in [2.45, 2.75) is 65.2 Å². The molecule has 1 fully saturated rings. The first kappa shape index (κ1) is 23.4. The van der Waals surface area contributed by atoms with E-state index >= 15 is 0 Å². The van der Waals surface area contributed by atoms with Crippen LogP contribution >= 0.6 is 0 Å². The molecule has 0 saturated heterocycles. The van der Waals surface area contributed by atoms with Gasteiger partial charge in [0, 0.05) is 6.07 Å². The van der Waals surface area contributed by atoms with Crippen LogP contribution in [0, 0.1) is 35.2 Å². The van der Waals surface area contributed by atoms with E-state index in [0.29, 0.717) is 11.8 Å². The summed E-state index contributed by atoms with van der Waals surface area (Å²) in [5.41, 5.74) is 0.625. The van der Waals surface area contributed by atoms with Crippen LogP contribution in [0.15, 0.2) is 36.4 Å². The van der Waals surface area contributed by atoms with E-state index in [-0.39, 0.29) is 11.3 Å². The maximum absolute atomic E-state index is 14.6. The molecule has 31 heavy (non-hydrogen) atoms. The minimum absolute atomic E-state index is 0.171. The van der Waals surface area contributed by atoms with Crippen LogP contribution in [-0.4, -0.2) is 5.97 Å². The number of esters is 1. The second kappa shape index (κ2) is 10.8. The number of halogens is 3. The van der Waals surface area contributed by atoms with E-state index < -0.39 is 23.4 Å². The minimum atomic E-state index is -1.13. The summed E-state index contributed by atoms with van der Waals surface area (Å²) in [4.78, 5) is 12.2. The molecule has 1 aliphatic rings. The maximum Gasteiger partial charge on any atom is 0.346 e. The second-order valence-electron chi connectivity index (χ2n) is 8.88. The Kier molecular flexibility index (Phi) is 8.16. The van der Waals surface area contributed by atoms with Crippen molar-refractivity contribution in [2.75, 3.05) is 0 Å². The van der Waals surface area contributed by atoms with Gasteiger partial charge in [-0.1, -0.05) is 52.0 Å². The zero-order valence-corrected chi connectivity index (χ0v) is 18.3. The highest BCUT2D eigenvalue weighted by Crippen LogP contribution is 2.36. The van der Waals surface area contributed by atoms with Gasteiger partial charge in [0.15, 0.2) is 11.6 Å². The summed E-state index contributed by atoms with van der Waals surface area (Å²) in [6.07, 6.45) is 9.72. The Morgan fingerprint density at radius 2 is 1.74 bits per heavy atom. The van der Waals surface area contributed by atoms with E-state index in [1.165, 1.54) is 57.1 Å². The Balaban J connectivity index is 1.56. The van der Waals surface area contributed by atoms with Crippen LogP contribution in [0.5, 0.6) is 5.75 Å². The van der Waals surface area contributed by atoms with Gasteiger partial charge in [-0.15, -0.1) is 0 Å². The van der Waals surface area contributed by atoms with Gasteiger partial charge < -0.3 is 4.74 Å². The molecule has 0 aliphatic heterocycles. The third kappa shape index (κ3) is 6.34. The molecule has 0 aromatic heterocycles. The molecule has 1 saturated carbocycles. The van der Waals surface area contributed by atoms with Crippen molar-refractivity contribution in [3.8, 4) is 5.75 Å². The number of hydrogen-bond acceptors (Lipinski definition) is 2. The SMILES string of the molecule is CCCCC1CCC(C(C)Cc2ccc(C(=O)Oc3ccc(F)c(F)c3)c(F)c2)CC1. The molecule has 3 rings (SSSR count). The lowest BCUT2D eigenvalue weighted by molar-refractivity contribution is 0.0729. The Bertz CT molecular complexity index is 888. The molecule has 1 unspecified atom stereocenters. The van der Waals surface area contributed by atoms with E-state index in [0.717, 1.165) is 36.1 Å². The molecule has 0 spiro atoms. The monoisotopic (exact) mass is 432 g/mol. The van der Waals surface area contributed by atoms with Crippen LogP contribution in [-0.2, 0) is 6.42 Å². The number of hydrogen-bond donors (Lipinski definition) is 0. The zero-order chi connectivity index (χ0) is 22.4. The van der Waals surface area contributed by atoms with Gasteiger partial charge in [0.1, 0.15) is 11.6 Å². The number of carbonyl (C=O) groups excluding carboxylic acids is 1. The molecular weight excluding hydrogens is 401 g/mol. The fourth-order valence-corrected chi connectivity index (χ4v) is 4.63. The number of unbranched alkanes of at least 4 members (excludes halogenated alkanes) is 1. The number of rotatable bonds is 8. The zero-order valence-electron chi connectivity index (χ0n) is 18.3. The normalized spacial score (nSPS) is 19.8. The van der Waals surface area contributed by atoms with Crippen LogP contribution < -0.4 is 4.74 Å². The molecule has 0 heterocycles. The largest absolute Gasteiger partial charge is 0.423 e. The van der Waals surface area contributed by atoms with Crippen LogP contribution in [0.3, 0.4) is 0 Å². The third-order valence-corrected chi connectivity index (χ3v) is 6.57. The number of benzene rings is 2. The fourth-order valence-electron chi connectivity index (χ4n) is 4.63. The maximum atomic E-state index is 14.6. The second-order valence-corrected chi connectivity index (χ2v) is 8.88. The van der Waals surface area contributed by atoms with E-state index in [1.807, 2.05) is 0 Å². The first-order valence-electron chi connectivity index (χ1n) is 11.3. The highest BCUT2D eigenvalue weighted by atomic mass is 19.2. The topological polar surface area (TPSA) is 26.3 Å². The predicted molar refractivity (Wildman–Crippen MR) is 116 cm³/mol. The van der Waals surface area contributed by atoms with Gasteiger partial charge in [0.2, 0.25) is 0 Å². The fraction of sp³-hybridized carbons (Fsp3) is 0.500. The third-order valence-electron chi connectivity index (χ3n) is 6.57. The molecule has 1 aliphatic carbocycles. The quantitative estimate of drug-likeness (QED) is 0.319. The summed E-state index contributed by atoms with van der Waals surface area (Å²) in [6.45, 7) is 4.46. The lowest BCUT2D eigenvalue weighted by atomic mass is 9.73. The van der Waals surface area contributed by atoms with Crippen LogP contribution in [0.25, 0.3) is 0 Å². The van der Waals surface area contributed by atoms with Crippen LogP contribution in [0.2, 0.25) is 0 Å². The Labute approximate surface area is 182 Å². The highest BCUT2D eigenvalue weighted by molar-refractivity contribution is 5.91. The van der Waals surface area contributed by atoms with Crippen molar-refractivity contribution in [3.05, 3.63) is 65.0 Å². The molecule has 2 aromatic rings. The standard InChI is InChI=1S/C26H31F3O2/c1-3-4-5-18-6-9-20(10-7-18)17(2)14-19-8-12-22(24(28)15-19)26(30)31-21-11-13-23(27)25(29)16-21/h8,11-13,15-18,20H,3-7,9-10,14H2,1-2H3. The van der Waals surface area contributed by atoms with Crippen molar-refractivity contribution < 1.29 is 22.7 Å². The molecule has 5 heteroatoms. The van der Waals surface area contributed by atoms with Crippen molar-refractivity contribution in [2.24, 2.45) is 17.8 Å². The van der Waals surface area contributed by atoms with E-state index in [2.05, 4.69) is 13.8 Å². The number of carbonyl (C=O) groups is 1. The molecular formula is C26H31F3O2. The molecule has 0 amide bonds. The molecule has 168 valence electrons. The average molecular weight is 433 g/mol. The molecule has 0 N–H and O–H groups in total. The van der Waals surface area contributed by atoms with Gasteiger partial charge in [-0.25, -0.2) is 18.0 Å². The molecule has 2 aromatic carbocycles. The lowest BCUT2D eigenvalue weighted by Crippen LogP contribution is -2.21. The first-order chi connectivity index (χ1) is 14.9. The Morgan fingerprint density at radius 3 is 2.39 bits per heavy atom. The number of ether oxygens (including phenoxy) is 1. The van der Waals surface area contributed by atoms with Crippen molar-refractivity contribution >= 4 is 5.97 Å². The molecule has 0 bridgehead atoms. The smallest absolute Gasteiger partial charge is 0.346 e. The molecule has 1 atom stereocenters. The summed E-state index contributed by atoms with van der Waals surface area (Å²) >= 11 is 0. The lowest BCUT2D eigenvalue weighted by Gasteiger charge is -2.32. The van der Waals surface area contributed by atoms with E-state index in [9.17, 15) is 18.0 Å². The van der Waals surface area contributed by atoms with Gasteiger partial charge in [-0.05, 0) is 66.8 Å². The summed E-state index contributed by atoms with van der Waals surface area (Å²) in [6, 6.07) is 7.27. The van der Waals surface area contributed by atoms with Crippen molar-refractivity contribution in [1.29, 1.82) is 0 Å². The summed E-state index contributed by atoms with van der Waals surface area (Å²) in [7, 11) is 0. The minimum Gasteiger partial charge on any atom is -0.423 e. The van der Waals surface area contributed by atoms with E-state index in [1.54, 1.807) is 6.07 Å². The predicted octanol–water partition coefficient (Wildman–Crippen LogP) is 7.50. The summed E-state index contributed by atoms with van der Waals surface area (Å²) < 4.78 is 45.8. The van der Waals surface area contributed by atoms with Gasteiger partial charge >= 0.3 is 5.97 Å². The summed E-state index contributed by atoms with van der Waals surface area (Å²) in [5, 5.41) is 0. The first-order valence-corrected chi connectivity index (χ1v) is 11.3. The highest BCUT2D eigenvalue weighted by Gasteiger charge is 2.25. The summed E-state index contributed by atoms with van der Waals surface area (Å²) in [5.74, 6) is -1.98. The average Bonchev–Trinajstić information content (AvgIpc) is 2.75. The Morgan fingerprint density at radius 1 is 1.00 bits per heavy atom. The van der Waals surface area contributed by atoms with Crippen LogP contribution in [0.1, 0.15) is 74.7 Å². The Hall–Kier alpha value is -2.30. The molecule has 0 radical (unpaired) electrons. The van der Waals surface area contributed by atoms with Crippen LogP contribution in [0.4, 0.5) is 13.2 Å². The van der Waals surface area contributed by atoms with Gasteiger partial charge in [-0.2, -0.15) is 0 Å². The van der Waals surface area contributed by atoms with Gasteiger partial charge in [0.25, 0.3) is 0 Å². The van der Waals surface area contributed by atoms with Gasteiger partial charge in [-0.3, -0.25) is 0 Å². The van der Waals surface area contributed by atoms with Crippen molar-refractivity contribution in [3.63, 3.8) is 0 Å². The van der Waals surface area contributed by atoms with Crippen molar-refractivity contribution in [1.82, 2.24) is 0 Å². The van der Waals surface area contributed by atoms with Gasteiger partial charge in [0.05, 0.1) is 5.56 Å². The van der Waals surface area contributed by atoms with E-state index in [4.69, 9.17) is 4.74 Å².